The van der Waals surface area contributed by atoms with Crippen LogP contribution in [0.25, 0.3) is 0 Å². The van der Waals surface area contributed by atoms with Crippen molar-refractivity contribution in [1.29, 1.82) is 0 Å². The Hall–Kier alpha value is -1.84. The molecule has 1 aromatic rings. The molecule has 0 saturated carbocycles. The van der Waals surface area contributed by atoms with Crippen LogP contribution < -0.4 is 0 Å². The van der Waals surface area contributed by atoms with Crippen LogP contribution in [0.5, 0.6) is 0 Å². The molecule has 0 radical (unpaired) electrons. The van der Waals surface area contributed by atoms with Crippen molar-refractivity contribution < 1.29 is 19.1 Å². The van der Waals surface area contributed by atoms with Crippen LogP contribution in [0.3, 0.4) is 0 Å². The van der Waals surface area contributed by atoms with Crippen LogP contribution in [0.1, 0.15) is 25.5 Å². The topological polar surface area (TPSA) is 52.6 Å². The first-order chi connectivity index (χ1) is 8.06. The number of esters is 2. The molecule has 0 fully saturated rings. The molecule has 17 heavy (non-hydrogen) atoms. The number of methoxy groups -OCH3 is 1. The molecule has 1 rings (SSSR count). The molecule has 0 N–H and O–H groups in total. The summed E-state index contributed by atoms with van der Waals surface area (Å²) < 4.78 is 9.85. The number of carbonyl (C=O) groups is 2. The first kappa shape index (κ1) is 13.2. The predicted octanol–water partition coefficient (Wildman–Crippen LogP) is 2.10. The lowest BCUT2D eigenvalue weighted by Crippen LogP contribution is -2.24. The van der Waals surface area contributed by atoms with E-state index >= 15 is 0 Å². The third-order valence-electron chi connectivity index (χ3n) is 2.45. The Morgan fingerprint density at radius 1 is 1.18 bits per heavy atom. The molecule has 0 unspecified atom stereocenters. The summed E-state index contributed by atoms with van der Waals surface area (Å²) in [5, 5.41) is 0. The van der Waals surface area contributed by atoms with Crippen molar-refractivity contribution in [2.75, 3.05) is 7.11 Å². The van der Waals surface area contributed by atoms with Crippen molar-refractivity contribution in [1.82, 2.24) is 0 Å². The fourth-order valence-corrected chi connectivity index (χ4v) is 1.59. The summed E-state index contributed by atoms with van der Waals surface area (Å²) in [6, 6.07) is 9.14. The molecule has 0 heterocycles. The highest BCUT2D eigenvalue weighted by Crippen LogP contribution is 2.26. The van der Waals surface area contributed by atoms with Crippen molar-refractivity contribution in [3.63, 3.8) is 0 Å². The van der Waals surface area contributed by atoms with Gasteiger partial charge < -0.3 is 9.47 Å². The van der Waals surface area contributed by atoms with E-state index in [1.54, 1.807) is 6.92 Å². The van der Waals surface area contributed by atoms with E-state index in [-0.39, 0.29) is 0 Å². The quantitative estimate of drug-likeness (QED) is 0.751. The zero-order valence-electron chi connectivity index (χ0n) is 10.2. The Bertz CT molecular complexity index is 386. The van der Waals surface area contributed by atoms with E-state index in [4.69, 9.17) is 4.74 Å². The first-order valence-corrected chi connectivity index (χ1v) is 5.36. The Morgan fingerprint density at radius 3 is 2.24 bits per heavy atom. The summed E-state index contributed by atoms with van der Waals surface area (Å²) in [7, 11) is 1.31. The van der Waals surface area contributed by atoms with Crippen LogP contribution in [0, 0.1) is 5.92 Å². The van der Waals surface area contributed by atoms with Gasteiger partial charge in [0, 0.05) is 6.92 Å². The van der Waals surface area contributed by atoms with Gasteiger partial charge in [0.15, 0.2) is 0 Å². The molecule has 4 heteroatoms. The predicted molar refractivity (Wildman–Crippen MR) is 62.1 cm³/mol. The van der Waals surface area contributed by atoms with Gasteiger partial charge in [-0.3, -0.25) is 9.59 Å². The maximum Gasteiger partial charge on any atom is 0.312 e. The molecule has 0 amide bonds. The van der Waals surface area contributed by atoms with Gasteiger partial charge in [0.25, 0.3) is 0 Å². The minimum absolute atomic E-state index is 0.403. The van der Waals surface area contributed by atoms with Gasteiger partial charge >= 0.3 is 11.9 Å². The van der Waals surface area contributed by atoms with Crippen molar-refractivity contribution >= 4 is 11.9 Å². The minimum atomic E-state index is -0.610. The van der Waals surface area contributed by atoms with E-state index in [1.165, 1.54) is 14.0 Å². The Kier molecular flexibility index (Phi) is 4.69. The zero-order chi connectivity index (χ0) is 12.8. The smallest absolute Gasteiger partial charge is 0.312 e. The van der Waals surface area contributed by atoms with Gasteiger partial charge in [-0.1, -0.05) is 30.3 Å². The van der Waals surface area contributed by atoms with Crippen molar-refractivity contribution in [2.24, 2.45) is 5.92 Å². The molecule has 0 spiro atoms. The van der Waals surface area contributed by atoms with E-state index in [2.05, 4.69) is 4.74 Å². The van der Waals surface area contributed by atoms with Crippen molar-refractivity contribution in [2.45, 2.75) is 20.0 Å². The summed E-state index contributed by atoms with van der Waals surface area (Å²) in [6.45, 7) is 2.99. The number of benzene rings is 1. The molecular weight excluding hydrogens is 220 g/mol. The number of carbonyl (C=O) groups excluding carboxylic acids is 2. The maximum absolute atomic E-state index is 11.5. The lowest BCUT2D eigenvalue weighted by atomic mass is 9.97. The third kappa shape index (κ3) is 3.59. The second-order valence-corrected chi connectivity index (χ2v) is 3.75. The average Bonchev–Trinajstić information content (AvgIpc) is 2.35. The van der Waals surface area contributed by atoms with Gasteiger partial charge in [0.2, 0.25) is 0 Å². The highest BCUT2D eigenvalue weighted by Gasteiger charge is 2.28. The largest absolute Gasteiger partial charge is 0.469 e. The summed E-state index contributed by atoms with van der Waals surface area (Å²) >= 11 is 0. The van der Waals surface area contributed by atoms with Gasteiger partial charge in [-0.15, -0.1) is 0 Å². The normalized spacial score (nSPS) is 13.6. The van der Waals surface area contributed by atoms with Gasteiger partial charge in [-0.25, -0.2) is 0 Å². The van der Waals surface area contributed by atoms with Gasteiger partial charge in [-0.2, -0.15) is 0 Å². The van der Waals surface area contributed by atoms with Crippen LogP contribution in [0.4, 0.5) is 0 Å². The molecular formula is C13H16O4. The fourth-order valence-electron chi connectivity index (χ4n) is 1.59. The average molecular weight is 236 g/mol. The summed E-state index contributed by atoms with van der Waals surface area (Å²) in [6.07, 6.45) is -0.610. The fraction of sp³-hybridized carbons (Fsp3) is 0.385. The molecule has 2 atom stereocenters. The number of hydrogen-bond acceptors (Lipinski definition) is 4. The monoisotopic (exact) mass is 236 g/mol. The second-order valence-electron chi connectivity index (χ2n) is 3.75. The SMILES string of the molecule is COC(=O)[C@H](C)[C@H](OC(C)=O)c1ccccc1. The van der Waals surface area contributed by atoms with Crippen LogP contribution in [0.2, 0.25) is 0 Å². The van der Waals surface area contributed by atoms with Crippen LogP contribution in [-0.4, -0.2) is 19.0 Å². The summed E-state index contributed by atoms with van der Waals surface area (Å²) in [5.74, 6) is -1.36. The van der Waals surface area contributed by atoms with E-state index in [9.17, 15) is 9.59 Å². The van der Waals surface area contributed by atoms with Gasteiger partial charge in [-0.05, 0) is 12.5 Å². The number of hydrogen-bond donors (Lipinski definition) is 0. The number of ether oxygens (including phenoxy) is 2. The summed E-state index contributed by atoms with van der Waals surface area (Å²) in [5.41, 5.74) is 0.778. The van der Waals surface area contributed by atoms with Gasteiger partial charge in [0.1, 0.15) is 6.10 Å². The van der Waals surface area contributed by atoms with E-state index < -0.39 is 24.0 Å². The molecule has 0 bridgehead atoms. The molecule has 0 aliphatic carbocycles. The Morgan fingerprint density at radius 2 is 1.76 bits per heavy atom. The Labute approximate surface area is 101 Å². The van der Waals surface area contributed by atoms with Crippen LogP contribution in [-0.2, 0) is 19.1 Å². The molecule has 92 valence electrons. The van der Waals surface area contributed by atoms with Crippen LogP contribution in [0.15, 0.2) is 30.3 Å². The lowest BCUT2D eigenvalue weighted by Gasteiger charge is -2.22. The molecule has 0 saturated heterocycles. The maximum atomic E-state index is 11.5. The Balaban J connectivity index is 2.95. The molecule has 0 aliphatic rings. The molecule has 4 nitrogen and oxygen atoms in total. The minimum Gasteiger partial charge on any atom is -0.469 e. The molecule has 0 aromatic heterocycles. The highest BCUT2D eigenvalue weighted by atomic mass is 16.6. The first-order valence-electron chi connectivity index (χ1n) is 5.36. The second kappa shape index (κ2) is 6.03. The zero-order valence-corrected chi connectivity index (χ0v) is 10.2. The highest BCUT2D eigenvalue weighted by molar-refractivity contribution is 5.74. The molecule has 1 aromatic carbocycles. The van der Waals surface area contributed by atoms with E-state index in [1.807, 2.05) is 30.3 Å². The van der Waals surface area contributed by atoms with E-state index in [0.29, 0.717) is 0 Å². The standard InChI is InChI=1S/C13H16O4/c1-9(13(15)16-3)12(17-10(2)14)11-7-5-4-6-8-11/h4-9,12H,1-3H3/t9-,12+/m1/s1. The lowest BCUT2D eigenvalue weighted by molar-refractivity contribution is -0.158. The van der Waals surface area contributed by atoms with Gasteiger partial charge in [0.05, 0.1) is 13.0 Å². The van der Waals surface area contributed by atoms with Crippen molar-refractivity contribution in [3.05, 3.63) is 35.9 Å². The summed E-state index contributed by atoms with van der Waals surface area (Å²) in [4.78, 5) is 22.6. The molecule has 0 aliphatic heterocycles. The third-order valence-corrected chi connectivity index (χ3v) is 2.45. The van der Waals surface area contributed by atoms with E-state index in [0.717, 1.165) is 5.56 Å². The number of rotatable bonds is 4. The van der Waals surface area contributed by atoms with Crippen molar-refractivity contribution in [3.8, 4) is 0 Å². The van der Waals surface area contributed by atoms with Crippen LogP contribution >= 0.6 is 0 Å².